The lowest BCUT2D eigenvalue weighted by Crippen LogP contribution is -2.48. The van der Waals surface area contributed by atoms with Crippen molar-refractivity contribution in [1.29, 1.82) is 0 Å². The Labute approximate surface area is 105 Å². The maximum absolute atomic E-state index is 5.63. The van der Waals surface area contributed by atoms with Gasteiger partial charge in [-0.25, -0.2) is 4.98 Å². The fraction of sp³-hybridized carbons (Fsp3) is 0.583. The predicted molar refractivity (Wildman–Crippen MR) is 68.9 cm³/mol. The highest BCUT2D eigenvalue weighted by Gasteiger charge is 2.26. The molecule has 4 heteroatoms. The fourth-order valence-corrected chi connectivity index (χ4v) is 2.39. The number of aromatic nitrogens is 1. The lowest BCUT2D eigenvalue weighted by Gasteiger charge is -2.38. The van der Waals surface area contributed by atoms with Crippen molar-refractivity contribution < 1.29 is 4.74 Å². The Bertz CT molecular complexity index is 383. The SMILES string of the molecule is Cc1ccnc(N2CC(C)OCC2C)c1Br. The van der Waals surface area contributed by atoms with Crippen LogP contribution in [0, 0.1) is 6.92 Å². The third kappa shape index (κ3) is 2.23. The van der Waals surface area contributed by atoms with Crippen LogP contribution in [-0.2, 0) is 4.74 Å². The quantitative estimate of drug-likeness (QED) is 0.793. The lowest BCUT2D eigenvalue weighted by atomic mass is 10.2. The molecule has 2 unspecified atom stereocenters. The summed E-state index contributed by atoms with van der Waals surface area (Å²) in [4.78, 5) is 6.78. The molecule has 1 aromatic rings. The molecule has 0 N–H and O–H groups in total. The highest BCUT2D eigenvalue weighted by molar-refractivity contribution is 9.10. The summed E-state index contributed by atoms with van der Waals surface area (Å²) in [6.07, 6.45) is 2.13. The molecule has 88 valence electrons. The number of morpholine rings is 1. The van der Waals surface area contributed by atoms with E-state index in [1.54, 1.807) is 0 Å². The van der Waals surface area contributed by atoms with E-state index in [4.69, 9.17) is 4.74 Å². The van der Waals surface area contributed by atoms with Gasteiger partial charge in [-0.2, -0.15) is 0 Å². The second kappa shape index (κ2) is 4.72. The Morgan fingerprint density at radius 1 is 1.50 bits per heavy atom. The minimum atomic E-state index is 0.269. The zero-order valence-electron chi connectivity index (χ0n) is 9.90. The van der Waals surface area contributed by atoms with Gasteiger partial charge >= 0.3 is 0 Å². The largest absolute Gasteiger partial charge is 0.375 e. The number of hydrogen-bond donors (Lipinski definition) is 0. The van der Waals surface area contributed by atoms with Gasteiger partial charge in [0.05, 0.1) is 23.2 Å². The van der Waals surface area contributed by atoms with E-state index in [1.165, 1.54) is 5.56 Å². The van der Waals surface area contributed by atoms with Crippen molar-refractivity contribution in [1.82, 2.24) is 4.98 Å². The van der Waals surface area contributed by atoms with E-state index in [9.17, 15) is 0 Å². The van der Waals surface area contributed by atoms with Crippen molar-refractivity contribution in [3.63, 3.8) is 0 Å². The summed E-state index contributed by atoms with van der Waals surface area (Å²) in [6.45, 7) is 8.02. The van der Waals surface area contributed by atoms with E-state index in [1.807, 2.05) is 12.3 Å². The van der Waals surface area contributed by atoms with E-state index in [0.29, 0.717) is 6.04 Å². The number of halogens is 1. The van der Waals surface area contributed by atoms with Crippen molar-refractivity contribution in [2.24, 2.45) is 0 Å². The molecule has 0 aliphatic carbocycles. The normalized spacial score (nSPS) is 25.9. The van der Waals surface area contributed by atoms with Crippen LogP contribution in [0.5, 0.6) is 0 Å². The van der Waals surface area contributed by atoms with Crippen LogP contribution in [0.3, 0.4) is 0 Å². The minimum absolute atomic E-state index is 0.269. The molecule has 0 saturated carbocycles. The van der Waals surface area contributed by atoms with Gasteiger partial charge in [0, 0.05) is 12.7 Å². The summed E-state index contributed by atoms with van der Waals surface area (Å²) in [7, 11) is 0. The van der Waals surface area contributed by atoms with Gasteiger partial charge in [-0.15, -0.1) is 0 Å². The van der Waals surface area contributed by atoms with Crippen LogP contribution in [0.1, 0.15) is 19.4 Å². The molecule has 16 heavy (non-hydrogen) atoms. The van der Waals surface area contributed by atoms with Gasteiger partial charge in [0.1, 0.15) is 5.82 Å². The zero-order chi connectivity index (χ0) is 11.7. The average Bonchev–Trinajstić information content (AvgIpc) is 2.26. The molecule has 0 bridgehead atoms. The molecular weight excluding hydrogens is 268 g/mol. The van der Waals surface area contributed by atoms with Crippen LogP contribution in [0.25, 0.3) is 0 Å². The maximum Gasteiger partial charge on any atom is 0.143 e. The summed E-state index contributed by atoms with van der Waals surface area (Å²) in [5.74, 6) is 1.03. The zero-order valence-corrected chi connectivity index (χ0v) is 11.5. The lowest BCUT2D eigenvalue weighted by molar-refractivity contribution is 0.0340. The van der Waals surface area contributed by atoms with Crippen LogP contribution in [0.4, 0.5) is 5.82 Å². The highest BCUT2D eigenvalue weighted by atomic mass is 79.9. The second-order valence-electron chi connectivity index (χ2n) is 4.41. The summed E-state index contributed by atoms with van der Waals surface area (Å²) < 4.78 is 6.72. The highest BCUT2D eigenvalue weighted by Crippen LogP contribution is 2.29. The monoisotopic (exact) mass is 284 g/mol. The number of pyridine rings is 1. The van der Waals surface area contributed by atoms with Crippen molar-refractivity contribution in [2.75, 3.05) is 18.1 Å². The van der Waals surface area contributed by atoms with Gasteiger partial charge in [-0.1, -0.05) is 0 Å². The third-order valence-corrected chi connectivity index (χ3v) is 3.92. The van der Waals surface area contributed by atoms with E-state index in [2.05, 4.69) is 46.6 Å². The van der Waals surface area contributed by atoms with Crippen molar-refractivity contribution >= 4 is 21.7 Å². The van der Waals surface area contributed by atoms with Gasteiger partial charge in [0.25, 0.3) is 0 Å². The number of ether oxygens (including phenoxy) is 1. The minimum Gasteiger partial charge on any atom is -0.375 e. The molecule has 1 aromatic heterocycles. The Balaban J connectivity index is 2.31. The number of aryl methyl sites for hydroxylation is 1. The van der Waals surface area contributed by atoms with Gasteiger partial charge in [0.2, 0.25) is 0 Å². The van der Waals surface area contributed by atoms with E-state index in [0.717, 1.165) is 23.4 Å². The summed E-state index contributed by atoms with van der Waals surface area (Å²) >= 11 is 3.62. The molecule has 3 nitrogen and oxygen atoms in total. The van der Waals surface area contributed by atoms with Gasteiger partial charge in [0.15, 0.2) is 0 Å². The molecule has 2 rings (SSSR count). The average molecular weight is 285 g/mol. The first-order chi connectivity index (χ1) is 7.59. The number of rotatable bonds is 1. The smallest absolute Gasteiger partial charge is 0.143 e. The number of hydrogen-bond acceptors (Lipinski definition) is 3. The topological polar surface area (TPSA) is 25.4 Å². The van der Waals surface area contributed by atoms with Crippen molar-refractivity contribution in [3.8, 4) is 0 Å². The molecule has 1 aliphatic rings. The molecule has 2 atom stereocenters. The molecule has 0 spiro atoms. The van der Waals surface area contributed by atoms with Gasteiger partial charge in [-0.05, 0) is 48.3 Å². The molecular formula is C12H17BrN2O. The van der Waals surface area contributed by atoms with E-state index >= 15 is 0 Å². The van der Waals surface area contributed by atoms with E-state index in [-0.39, 0.29) is 6.10 Å². The van der Waals surface area contributed by atoms with Crippen LogP contribution in [0.2, 0.25) is 0 Å². The summed E-state index contributed by atoms with van der Waals surface area (Å²) in [6, 6.07) is 2.39. The Morgan fingerprint density at radius 2 is 2.25 bits per heavy atom. The summed E-state index contributed by atoms with van der Waals surface area (Å²) in [5.41, 5.74) is 1.22. The first-order valence-electron chi connectivity index (χ1n) is 5.59. The third-order valence-electron chi connectivity index (χ3n) is 2.94. The van der Waals surface area contributed by atoms with Crippen LogP contribution < -0.4 is 4.90 Å². The molecule has 0 amide bonds. The predicted octanol–water partition coefficient (Wildman–Crippen LogP) is 2.77. The van der Waals surface area contributed by atoms with Gasteiger partial charge < -0.3 is 9.64 Å². The molecule has 0 aromatic carbocycles. The van der Waals surface area contributed by atoms with Crippen LogP contribution >= 0.6 is 15.9 Å². The summed E-state index contributed by atoms with van der Waals surface area (Å²) in [5, 5.41) is 0. The molecule has 1 saturated heterocycles. The van der Waals surface area contributed by atoms with Gasteiger partial charge in [-0.3, -0.25) is 0 Å². The fourth-order valence-electron chi connectivity index (χ4n) is 1.92. The van der Waals surface area contributed by atoms with Crippen LogP contribution in [0.15, 0.2) is 16.7 Å². The first-order valence-corrected chi connectivity index (χ1v) is 6.38. The number of anilines is 1. The molecule has 2 heterocycles. The molecule has 0 radical (unpaired) electrons. The molecule has 1 aliphatic heterocycles. The van der Waals surface area contributed by atoms with Crippen molar-refractivity contribution in [3.05, 3.63) is 22.3 Å². The Hall–Kier alpha value is -0.610. The second-order valence-corrected chi connectivity index (χ2v) is 5.20. The standard InChI is InChI=1S/C12H17BrN2O/c1-8-4-5-14-12(11(8)13)15-6-10(3)16-7-9(15)2/h4-5,9-10H,6-7H2,1-3H3. The Morgan fingerprint density at radius 3 is 3.00 bits per heavy atom. The van der Waals surface area contributed by atoms with Crippen LogP contribution in [-0.4, -0.2) is 30.3 Å². The first kappa shape index (κ1) is 11.9. The van der Waals surface area contributed by atoms with E-state index < -0.39 is 0 Å². The maximum atomic E-state index is 5.63. The Kier molecular flexibility index (Phi) is 3.50. The molecule has 1 fully saturated rings. The number of nitrogens with zero attached hydrogens (tertiary/aromatic N) is 2. The van der Waals surface area contributed by atoms with Crippen molar-refractivity contribution in [2.45, 2.75) is 32.9 Å².